The minimum atomic E-state index is -3.64. The monoisotopic (exact) mass is 524 g/mol. The number of benzene rings is 2. The number of hydrogen-bond acceptors (Lipinski definition) is 7. The molecule has 2 aromatic carbocycles. The van der Waals surface area contributed by atoms with E-state index in [9.17, 15) is 8.42 Å². The van der Waals surface area contributed by atoms with E-state index in [-0.39, 0.29) is 17.1 Å². The van der Waals surface area contributed by atoms with Gasteiger partial charge in [-0.15, -0.1) is 11.3 Å². The van der Waals surface area contributed by atoms with Crippen molar-refractivity contribution in [2.75, 3.05) is 18.5 Å². The molecule has 0 aliphatic carbocycles. The van der Waals surface area contributed by atoms with Crippen LogP contribution in [0.2, 0.25) is 10.0 Å². The highest BCUT2D eigenvalue weighted by Gasteiger charge is 2.32. The van der Waals surface area contributed by atoms with E-state index in [2.05, 4.69) is 15.5 Å². The first-order chi connectivity index (χ1) is 15.7. The van der Waals surface area contributed by atoms with Gasteiger partial charge in [0.15, 0.2) is 0 Å². The highest BCUT2D eigenvalue weighted by molar-refractivity contribution is 7.89. The molecule has 0 spiro atoms. The van der Waals surface area contributed by atoms with Gasteiger partial charge in [0.1, 0.15) is 0 Å². The summed E-state index contributed by atoms with van der Waals surface area (Å²) in [5.74, 6) is 0. The van der Waals surface area contributed by atoms with Gasteiger partial charge < -0.3 is 4.74 Å². The lowest BCUT2D eigenvalue weighted by Gasteiger charge is -2.34. The van der Waals surface area contributed by atoms with E-state index in [0.29, 0.717) is 39.5 Å². The SMILES string of the molecule is C[C@@H]1CN(S(=O)(=O)c2cccc(-c3csc(N/N=C\c4ccc(Cl)cc4Cl)n3)c2)C[C@@H](C)O1. The van der Waals surface area contributed by atoms with Crippen molar-refractivity contribution >= 4 is 55.9 Å². The lowest BCUT2D eigenvalue weighted by Crippen LogP contribution is -2.48. The second-order valence-electron chi connectivity index (χ2n) is 7.68. The van der Waals surface area contributed by atoms with Gasteiger partial charge in [0.05, 0.1) is 34.0 Å². The van der Waals surface area contributed by atoms with E-state index in [1.165, 1.54) is 15.6 Å². The van der Waals surface area contributed by atoms with Crippen LogP contribution in [0.3, 0.4) is 0 Å². The van der Waals surface area contributed by atoms with Crippen molar-refractivity contribution in [3.63, 3.8) is 0 Å². The maximum Gasteiger partial charge on any atom is 0.243 e. The van der Waals surface area contributed by atoms with Gasteiger partial charge in [-0.3, -0.25) is 5.43 Å². The predicted molar refractivity (Wildman–Crippen MR) is 134 cm³/mol. The normalized spacial score (nSPS) is 19.8. The van der Waals surface area contributed by atoms with Crippen LogP contribution < -0.4 is 5.43 Å². The van der Waals surface area contributed by atoms with Gasteiger partial charge in [0, 0.05) is 34.6 Å². The molecule has 0 unspecified atom stereocenters. The summed E-state index contributed by atoms with van der Waals surface area (Å²) < 4.78 is 33.5. The van der Waals surface area contributed by atoms with Crippen LogP contribution in [0, 0.1) is 0 Å². The Kier molecular flexibility index (Phi) is 7.37. The molecule has 174 valence electrons. The summed E-state index contributed by atoms with van der Waals surface area (Å²) in [5, 5.41) is 7.63. The molecule has 2 atom stereocenters. The Morgan fingerprint density at radius 1 is 1.18 bits per heavy atom. The average Bonchev–Trinajstić information content (AvgIpc) is 3.24. The number of nitrogens with zero attached hydrogens (tertiary/aromatic N) is 3. The van der Waals surface area contributed by atoms with Crippen molar-refractivity contribution < 1.29 is 13.2 Å². The van der Waals surface area contributed by atoms with E-state index in [4.69, 9.17) is 27.9 Å². The second kappa shape index (κ2) is 10.1. The molecule has 1 saturated heterocycles. The number of sulfonamides is 1. The summed E-state index contributed by atoms with van der Waals surface area (Å²) in [4.78, 5) is 4.75. The van der Waals surface area contributed by atoms with Crippen LogP contribution in [0.5, 0.6) is 0 Å². The molecule has 1 fully saturated rings. The van der Waals surface area contributed by atoms with Crippen molar-refractivity contribution in [2.24, 2.45) is 5.10 Å². The first kappa shape index (κ1) is 24.1. The minimum absolute atomic E-state index is 0.151. The Bertz CT molecular complexity index is 1270. The molecular weight excluding hydrogens is 503 g/mol. The van der Waals surface area contributed by atoms with Crippen LogP contribution >= 0.6 is 34.5 Å². The Labute approximate surface area is 207 Å². The number of rotatable bonds is 6. The average molecular weight is 525 g/mol. The fraction of sp³-hybridized carbons (Fsp3) is 0.273. The summed E-state index contributed by atoms with van der Waals surface area (Å²) in [7, 11) is -3.64. The molecule has 33 heavy (non-hydrogen) atoms. The molecule has 0 amide bonds. The zero-order chi connectivity index (χ0) is 23.6. The first-order valence-corrected chi connectivity index (χ1v) is 13.3. The van der Waals surface area contributed by atoms with Gasteiger partial charge in [-0.2, -0.15) is 9.41 Å². The third-order valence-electron chi connectivity index (χ3n) is 4.98. The summed E-state index contributed by atoms with van der Waals surface area (Å²) in [6.45, 7) is 4.41. The molecule has 3 aromatic rings. The fourth-order valence-corrected chi connectivity index (χ4v) is 6.28. The zero-order valence-electron chi connectivity index (χ0n) is 17.9. The Morgan fingerprint density at radius 3 is 2.67 bits per heavy atom. The lowest BCUT2D eigenvalue weighted by atomic mass is 10.2. The quantitative estimate of drug-likeness (QED) is 0.346. The number of thiazole rings is 1. The van der Waals surface area contributed by atoms with Crippen LogP contribution in [0.25, 0.3) is 11.3 Å². The largest absolute Gasteiger partial charge is 0.373 e. The zero-order valence-corrected chi connectivity index (χ0v) is 21.0. The van der Waals surface area contributed by atoms with Crippen LogP contribution in [-0.2, 0) is 14.8 Å². The number of aromatic nitrogens is 1. The van der Waals surface area contributed by atoms with Crippen molar-refractivity contribution in [3.8, 4) is 11.3 Å². The van der Waals surface area contributed by atoms with E-state index in [1.807, 2.05) is 25.3 Å². The maximum atomic E-state index is 13.2. The van der Waals surface area contributed by atoms with Gasteiger partial charge in [-0.05, 0) is 38.1 Å². The number of nitrogens with one attached hydrogen (secondary N) is 1. The Hall–Kier alpha value is -2.01. The van der Waals surface area contributed by atoms with Gasteiger partial charge in [-0.1, -0.05) is 41.4 Å². The Morgan fingerprint density at radius 2 is 1.94 bits per heavy atom. The minimum Gasteiger partial charge on any atom is -0.373 e. The standard InChI is InChI=1S/C22H22Cl2N4O3S2/c1-14-11-28(12-15(2)31-14)33(29,30)19-5-3-4-16(8-19)21-13-32-22(26-21)27-25-10-17-6-7-18(23)9-20(17)24/h3-10,13-15H,11-12H2,1-2H3,(H,26,27)/b25-10-/t14-,15-/m1/s1. The van der Waals surface area contributed by atoms with Crippen molar-refractivity contribution in [1.29, 1.82) is 0 Å². The molecule has 11 heteroatoms. The Balaban J connectivity index is 1.49. The first-order valence-electron chi connectivity index (χ1n) is 10.2. The summed E-state index contributed by atoms with van der Waals surface area (Å²) in [6, 6.07) is 12.0. The van der Waals surface area contributed by atoms with Crippen LogP contribution in [-0.4, -0.2) is 49.2 Å². The third kappa shape index (κ3) is 5.74. The molecule has 4 rings (SSSR count). The third-order valence-corrected chi connectivity index (χ3v) is 8.12. The smallest absolute Gasteiger partial charge is 0.243 e. The molecule has 1 aliphatic rings. The van der Waals surface area contributed by atoms with Crippen LogP contribution in [0.15, 0.2) is 57.8 Å². The van der Waals surface area contributed by atoms with Gasteiger partial charge in [0.2, 0.25) is 15.2 Å². The van der Waals surface area contributed by atoms with Crippen LogP contribution in [0.1, 0.15) is 19.4 Å². The molecule has 0 bridgehead atoms. The molecular formula is C22H22Cl2N4O3S2. The maximum absolute atomic E-state index is 13.2. The highest BCUT2D eigenvalue weighted by Crippen LogP contribution is 2.29. The number of halogens is 2. The van der Waals surface area contributed by atoms with Crippen molar-refractivity contribution in [2.45, 2.75) is 31.0 Å². The van der Waals surface area contributed by atoms with Gasteiger partial charge in [-0.25, -0.2) is 13.4 Å². The molecule has 1 aromatic heterocycles. The number of ether oxygens (including phenoxy) is 1. The number of hydrogen-bond donors (Lipinski definition) is 1. The number of morpholine rings is 1. The van der Waals surface area contributed by atoms with E-state index >= 15 is 0 Å². The molecule has 1 aliphatic heterocycles. The molecule has 1 N–H and O–H groups in total. The van der Waals surface area contributed by atoms with Gasteiger partial charge >= 0.3 is 0 Å². The highest BCUT2D eigenvalue weighted by atomic mass is 35.5. The van der Waals surface area contributed by atoms with Crippen LogP contribution in [0.4, 0.5) is 5.13 Å². The van der Waals surface area contributed by atoms with E-state index < -0.39 is 10.0 Å². The van der Waals surface area contributed by atoms with Gasteiger partial charge in [0.25, 0.3) is 0 Å². The molecule has 7 nitrogen and oxygen atoms in total. The lowest BCUT2D eigenvalue weighted by molar-refractivity contribution is -0.0440. The summed E-state index contributed by atoms with van der Waals surface area (Å²) in [5.41, 5.74) is 4.96. The predicted octanol–water partition coefficient (Wildman–Crippen LogP) is 5.36. The molecule has 0 saturated carbocycles. The second-order valence-corrected chi connectivity index (χ2v) is 11.3. The number of anilines is 1. The fourth-order valence-electron chi connectivity index (χ4n) is 3.51. The van der Waals surface area contributed by atoms with E-state index in [0.717, 1.165) is 5.56 Å². The van der Waals surface area contributed by atoms with Crippen molar-refractivity contribution in [1.82, 2.24) is 9.29 Å². The summed E-state index contributed by atoms with van der Waals surface area (Å²) >= 11 is 13.4. The van der Waals surface area contributed by atoms with Crippen molar-refractivity contribution in [3.05, 3.63) is 63.5 Å². The topological polar surface area (TPSA) is 83.9 Å². The number of hydrazone groups is 1. The molecule has 0 radical (unpaired) electrons. The summed E-state index contributed by atoms with van der Waals surface area (Å²) in [6.07, 6.45) is 1.28. The van der Waals surface area contributed by atoms with E-state index in [1.54, 1.807) is 42.6 Å². The molecule has 2 heterocycles.